The van der Waals surface area contributed by atoms with Gasteiger partial charge in [-0.3, -0.25) is 14.4 Å². The van der Waals surface area contributed by atoms with Crippen molar-refractivity contribution in [3.8, 4) is 22.2 Å². The van der Waals surface area contributed by atoms with Gasteiger partial charge in [-0.05, 0) is 63.5 Å². The summed E-state index contributed by atoms with van der Waals surface area (Å²) in [6.45, 7) is 2.57. The first kappa shape index (κ1) is 29.3. The number of carbonyl (C=O) groups excluding carboxylic acids is 2. The number of allylic oxidation sites excluding steroid dienone is 2. The zero-order valence-corrected chi connectivity index (χ0v) is 25.6. The second kappa shape index (κ2) is 11.7. The van der Waals surface area contributed by atoms with Crippen molar-refractivity contribution in [1.82, 2.24) is 14.9 Å². The van der Waals surface area contributed by atoms with E-state index in [2.05, 4.69) is 4.98 Å². The predicted octanol–water partition coefficient (Wildman–Crippen LogP) is 5.70. The summed E-state index contributed by atoms with van der Waals surface area (Å²) in [4.78, 5) is 51.0. The van der Waals surface area contributed by atoms with Gasteiger partial charge in [-0.25, -0.2) is 9.97 Å². The molecule has 0 bridgehead atoms. The lowest BCUT2D eigenvalue weighted by molar-refractivity contribution is -0.147. The number of benzene rings is 1. The number of nitrogens with zero attached hydrogens (tertiary/aromatic N) is 3. The van der Waals surface area contributed by atoms with E-state index in [9.17, 15) is 19.5 Å². The Morgan fingerprint density at radius 1 is 1.16 bits per heavy atom. The minimum atomic E-state index is -1.07. The van der Waals surface area contributed by atoms with Gasteiger partial charge in [0.1, 0.15) is 34.1 Å². The number of ether oxygens (including phenoxy) is 2. The first-order valence-electron chi connectivity index (χ1n) is 14.9. The molecule has 0 saturated heterocycles. The van der Waals surface area contributed by atoms with Crippen LogP contribution < -0.4 is 9.47 Å². The van der Waals surface area contributed by atoms with Gasteiger partial charge in [0.15, 0.2) is 0 Å². The number of pyridine rings is 1. The summed E-state index contributed by atoms with van der Waals surface area (Å²) in [5, 5.41) is 13.6. The Labute approximate surface area is 254 Å². The Bertz CT molecular complexity index is 1590. The van der Waals surface area contributed by atoms with Crippen LogP contribution >= 0.6 is 11.3 Å². The molecular weight excluding hydrogens is 566 g/mol. The molecule has 0 spiro atoms. The van der Waals surface area contributed by atoms with Gasteiger partial charge in [-0.2, -0.15) is 0 Å². The van der Waals surface area contributed by atoms with Crippen LogP contribution in [0.1, 0.15) is 50.5 Å². The topological polar surface area (TPSA) is 119 Å². The van der Waals surface area contributed by atoms with Crippen LogP contribution in [0.5, 0.6) is 11.5 Å². The molecule has 2 aliphatic carbocycles. The maximum absolute atomic E-state index is 13.9. The van der Waals surface area contributed by atoms with E-state index in [1.165, 1.54) is 11.3 Å². The van der Waals surface area contributed by atoms with E-state index in [1.807, 2.05) is 42.7 Å². The van der Waals surface area contributed by atoms with Crippen molar-refractivity contribution in [2.24, 2.45) is 23.2 Å². The van der Waals surface area contributed by atoms with Gasteiger partial charge < -0.3 is 19.5 Å². The lowest BCUT2D eigenvalue weighted by Crippen LogP contribution is -2.38. The fourth-order valence-electron chi connectivity index (χ4n) is 6.87. The number of carboxylic acids is 1. The van der Waals surface area contributed by atoms with Gasteiger partial charge in [-0.1, -0.05) is 12.2 Å². The Morgan fingerprint density at radius 3 is 2.72 bits per heavy atom. The molecular formula is C33H37N3O6S. The average Bonchev–Trinajstić information content (AvgIpc) is 3.31. The number of hydrogen-bond donors (Lipinski definition) is 1. The monoisotopic (exact) mass is 603 g/mol. The Morgan fingerprint density at radius 2 is 1.98 bits per heavy atom. The molecule has 1 aliphatic heterocycles. The second-order valence-corrected chi connectivity index (χ2v) is 13.0. The number of methoxy groups -OCH3 is 1. The maximum atomic E-state index is 13.9. The zero-order valence-electron chi connectivity index (χ0n) is 24.7. The molecule has 0 unspecified atom stereocenters. The number of amides is 1. The molecule has 2 fully saturated rings. The molecule has 1 N–H and O–H groups in total. The number of rotatable bonds is 5. The highest BCUT2D eigenvalue weighted by atomic mass is 32.1. The Balaban J connectivity index is 1.34. The number of aliphatic carboxylic acids is 1. The normalized spacial score (nSPS) is 28.6. The third kappa shape index (κ3) is 5.53. The van der Waals surface area contributed by atoms with Gasteiger partial charge >= 0.3 is 5.97 Å². The lowest BCUT2D eigenvalue weighted by Gasteiger charge is -2.25. The first-order chi connectivity index (χ1) is 20.7. The van der Waals surface area contributed by atoms with Crippen molar-refractivity contribution in [2.75, 3.05) is 20.7 Å². The number of aromatic nitrogens is 2. The second-order valence-electron chi connectivity index (χ2n) is 12.2. The summed E-state index contributed by atoms with van der Waals surface area (Å²) in [7, 11) is 3.42. The van der Waals surface area contributed by atoms with Crippen molar-refractivity contribution >= 4 is 39.9 Å². The number of carboxylic acid groups (broad SMARTS) is 1. The number of hydrogen-bond acceptors (Lipinski definition) is 8. The molecule has 3 aliphatic rings. The highest BCUT2D eigenvalue weighted by molar-refractivity contribution is 7.13. The fraction of sp³-hybridized carbons (Fsp3) is 0.485. The molecule has 5 atom stereocenters. The molecule has 226 valence electrons. The van der Waals surface area contributed by atoms with E-state index >= 15 is 0 Å². The average molecular weight is 604 g/mol. The first-order valence-corrected chi connectivity index (χ1v) is 15.8. The molecule has 10 heteroatoms. The minimum absolute atomic E-state index is 0.0619. The molecule has 1 amide bonds. The molecule has 43 heavy (non-hydrogen) atoms. The van der Waals surface area contributed by atoms with Gasteiger partial charge in [0.05, 0.1) is 24.0 Å². The smallest absolute Gasteiger partial charge is 0.310 e. The molecule has 2 aromatic heterocycles. The summed E-state index contributed by atoms with van der Waals surface area (Å²) in [6, 6.07) is 5.68. The summed E-state index contributed by atoms with van der Waals surface area (Å²) >= 11 is 1.48. The van der Waals surface area contributed by atoms with Crippen LogP contribution in [0.25, 0.3) is 21.6 Å². The van der Waals surface area contributed by atoms with Crippen LogP contribution in [0.4, 0.5) is 0 Å². The Hall–Kier alpha value is -3.79. The van der Waals surface area contributed by atoms with Gasteiger partial charge in [0.25, 0.3) is 0 Å². The molecule has 6 rings (SSSR count). The maximum Gasteiger partial charge on any atom is 0.310 e. The minimum Gasteiger partial charge on any atom is -0.496 e. The van der Waals surface area contributed by atoms with Gasteiger partial charge in [-0.15, -0.1) is 11.3 Å². The van der Waals surface area contributed by atoms with E-state index in [0.717, 1.165) is 40.7 Å². The third-order valence-electron chi connectivity index (χ3n) is 9.47. The van der Waals surface area contributed by atoms with E-state index in [4.69, 9.17) is 14.5 Å². The van der Waals surface area contributed by atoms with Crippen LogP contribution in [0.15, 0.2) is 41.9 Å². The standard InChI is InChI=1S/C33H37N3O6S/c1-19-27(41-3)10-9-22-28(16-25(35-29(19)22)30-34-11-13-43-30)42-21-14-23-24(15-21)31(38)36(2)12-7-5-4-6-8-20-17-33(20,32(39)40)18-26(23)37/h6,8-11,13,16,20-21,23-24H,4-5,7,12,14-15,17-18H2,1-3H3,(H,39,40)/b8-6-/t20-,21+,23+,24+,33+/m0/s1. The molecule has 3 heterocycles. The highest BCUT2D eigenvalue weighted by Gasteiger charge is 2.61. The van der Waals surface area contributed by atoms with Crippen molar-refractivity contribution in [1.29, 1.82) is 0 Å². The van der Waals surface area contributed by atoms with E-state index < -0.39 is 29.3 Å². The van der Waals surface area contributed by atoms with Crippen LogP contribution in [0.2, 0.25) is 0 Å². The predicted molar refractivity (Wildman–Crippen MR) is 163 cm³/mol. The number of Topliss-reactive ketones (excluding diaryl/α,β-unsaturated/α-hetero) is 1. The third-order valence-corrected chi connectivity index (χ3v) is 10.3. The number of carbonyl (C=O) groups is 3. The molecule has 0 radical (unpaired) electrons. The van der Waals surface area contributed by atoms with Crippen LogP contribution in [-0.4, -0.2) is 64.4 Å². The molecule has 9 nitrogen and oxygen atoms in total. The van der Waals surface area contributed by atoms with Crippen molar-refractivity contribution in [2.45, 2.75) is 58.0 Å². The quantitative estimate of drug-likeness (QED) is 0.369. The fourth-order valence-corrected chi connectivity index (χ4v) is 7.47. The van der Waals surface area contributed by atoms with Gasteiger partial charge in [0, 0.05) is 54.5 Å². The summed E-state index contributed by atoms with van der Waals surface area (Å²) in [6.07, 6.45) is 9.07. The summed E-state index contributed by atoms with van der Waals surface area (Å²) in [5.41, 5.74) is 1.22. The zero-order chi connectivity index (χ0) is 30.3. The van der Waals surface area contributed by atoms with Crippen LogP contribution in [0, 0.1) is 30.1 Å². The molecule has 1 aromatic carbocycles. The van der Waals surface area contributed by atoms with E-state index in [0.29, 0.717) is 43.0 Å². The van der Waals surface area contributed by atoms with Gasteiger partial charge in [0.2, 0.25) is 5.91 Å². The molecule has 2 saturated carbocycles. The highest BCUT2D eigenvalue weighted by Crippen LogP contribution is 2.57. The van der Waals surface area contributed by atoms with Crippen LogP contribution in [-0.2, 0) is 14.4 Å². The molecule has 3 aromatic rings. The van der Waals surface area contributed by atoms with Crippen molar-refractivity contribution < 1.29 is 29.0 Å². The summed E-state index contributed by atoms with van der Waals surface area (Å²) < 4.78 is 12.2. The Kier molecular flexibility index (Phi) is 7.98. The van der Waals surface area contributed by atoms with Crippen molar-refractivity contribution in [3.05, 3.63) is 47.5 Å². The summed E-state index contributed by atoms with van der Waals surface area (Å²) in [5.74, 6) is -1.14. The van der Waals surface area contributed by atoms with Crippen molar-refractivity contribution in [3.63, 3.8) is 0 Å². The number of thiazole rings is 1. The van der Waals surface area contributed by atoms with E-state index in [1.54, 1.807) is 25.3 Å². The van der Waals surface area contributed by atoms with E-state index in [-0.39, 0.29) is 24.0 Å². The number of aryl methyl sites for hydroxylation is 1. The number of ketones is 1. The SMILES string of the molecule is COc1ccc2c(O[C@@H]3C[C@H]4C(=O)C[C@]5(C(=O)O)C[C@@H]5/C=C\CCCCN(C)C(=O)[C@@H]4C3)cc(-c3nccs3)nc2c1C. The lowest BCUT2D eigenvalue weighted by atomic mass is 9.84. The van der Waals surface area contributed by atoms with Crippen LogP contribution in [0.3, 0.4) is 0 Å². The largest absolute Gasteiger partial charge is 0.496 e. The number of fused-ring (bicyclic) bond motifs is 3.